The van der Waals surface area contributed by atoms with Gasteiger partial charge in [0.1, 0.15) is 0 Å². The normalized spacial score (nSPS) is 14.5. The molecule has 4 rings (SSSR count). The van der Waals surface area contributed by atoms with Crippen LogP contribution in [-0.4, -0.2) is 24.9 Å². The highest BCUT2D eigenvalue weighted by Gasteiger charge is 2.25. The summed E-state index contributed by atoms with van der Waals surface area (Å²) in [7, 11) is 1.48. The van der Waals surface area contributed by atoms with Crippen LogP contribution in [0.1, 0.15) is 47.8 Å². The lowest BCUT2D eigenvalue weighted by Gasteiger charge is -2.18. The highest BCUT2D eigenvalue weighted by molar-refractivity contribution is 6.12. The maximum atomic E-state index is 12.4. The second kappa shape index (κ2) is 9.35. The zero-order chi connectivity index (χ0) is 24.3. The van der Waals surface area contributed by atoms with E-state index in [2.05, 4.69) is 25.8 Å². The smallest absolute Gasteiger partial charge is 0.363 e. The number of esters is 2. The van der Waals surface area contributed by atoms with E-state index >= 15 is 0 Å². The number of hydrogen-bond donors (Lipinski definition) is 0. The van der Waals surface area contributed by atoms with Crippen LogP contribution in [0.15, 0.2) is 83.5 Å². The summed E-state index contributed by atoms with van der Waals surface area (Å²) in [5, 5.41) is 0. The van der Waals surface area contributed by atoms with E-state index in [9.17, 15) is 9.59 Å². The summed E-state index contributed by atoms with van der Waals surface area (Å²) in [6.45, 7) is 6.41. The van der Waals surface area contributed by atoms with Gasteiger partial charge >= 0.3 is 11.9 Å². The second-order valence-electron chi connectivity index (χ2n) is 8.83. The molecule has 0 atom stereocenters. The van der Waals surface area contributed by atoms with Gasteiger partial charge in [-0.15, -0.1) is 0 Å². The lowest BCUT2D eigenvalue weighted by atomic mass is 9.87. The Morgan fingerprint density at radius 3 is 2.29 bits per heavy atom. The van der Waals surface area contributed by atoms with E-state index < -0.39 is 11.9 Å². The summed E-state index contributed by atoms with van der Waals surface area (Å²) in [6.07, 6.45) is 1.60. The number of rotatable bonds is 5. The van der Waals surface area contributed by atoms with Crippen molar-refractivity contribution in [3.8, 4) is 11.5 Å². The molecule has 6 heteroatoms. The van der Waals surface area contributed by atoms with Gasteiger partial charge in [0.2, 0.25) is 5.90 Å². The molecule has 6 nitrogen and oxygen atoms in total. The molecule has 0 aliphatic carbocycles. The number of aliphatic imine (C=N–C) groups is 1. The van der Waals surface area contributed by atoms with Crippen molar-refractivity contribution in [3.05, 3.63) is 101 Å². The summed E-state index contributed by atoms with van der Waals surface area (Å²) in [5.41, 5.74) is 3.19. The number of ether oxygens (including phenoxy) is 3. The van der Waals surface area contributed by atoms with Crippen LogP contribution in [0, 0.1) is 0 Å². The van der Waals surface area contributed by atoms with Gasteiger partial charge in [-0.2, -0.15) is 0 Å². The standard InChI is InChI=1S/C28H25NO5/c1-28(2,3)21-13-11-19(12-14-21)25-29-22(27(31)34-25)16-18-10-15-23(24(17-18)32-4)33-26(30)20-8-6-5-7-9-20/h5-17H,1-4H3. The van der Waals surface area contributed by atoms with Gasteiger partial charge in [-0.3, -0.25) is 0 Å². The fraction of sp³-hybridized carbons (Fsp3) is 0.179. The molecule has 0 saturated heterocycles. The molecule has 3 aromatic carbocycles. The van der Waals surface area contributed by atoms with Gasteiger partial charge in [0.05, 0.1) is 12.7 Å². The van der Waals surface area contributed by atoms with Gasteiger partial charge in [0.25, 0.3) is 0 Å². The van der Waals surface area contributed by atoms with Crippen LogP contribution >= 0.6 is 0 Å². The zero-order valence-corrected chi connectivity index (χ0v) is 19.5. The van der Waals surface area contributed by atoms with Crippen LogP contribution in [-0.2, 0) is 14.9 Å². The van der Waals surface area contributed by atoms with Crippen molar-refractivity contribution in [3.63, 3.8) is 0 Å². The molecular formula is C28H25NO5. The van der Waals surface area contributed by atoms with Crippen LogP contribution in [0.25, 0.3) is 6.08 Å². The Bertz CT molecular complexity index is 1280. The molecule has 0 bridgehead atoms. The topological polar surface area (TPSA) is 74.2 Å². The van der Waals surface area contributed by atoms with Crippen molar-refractivity contribution in [2.75, 3.05) is 7.11 Å². The fourth-order valence-corrected chi connectivity index (χ4v) is 3.39. The Balaban J connectivity index is 1.55. The Kier molecular flexibility index (Phi) is 6.32. The zero-order valence-electron chi connectivity index (χ0n) is 19.5. The van der Waals surface area contributed by atoms with E-state index in [-0.39, 0.29) is 22.8 Å². The first-order chi connectivity index (χ1) is 16.2. The summed E-state index contributed by atoms with van der Waals surface area (Å²) in [5.74, 6) is -0.135. The predicted molar refractivity (Wildman–Crippen MR) is 130 cm³/mol. The highest BCUT2D eigenvalue weighted by atomic mass is 16.6. The van der Waals surface area contributed by atoms with Crippen molar-refractivity contribution in [2.45, 2.75) is 26.2 Å². The third kappa shape index (κ3) is 5.07. The Hall–Kier alpha value is -4.19. The van der Waals surface area contributed by atoms with Crippen LogP contribution in [0.2, 0.25) is 0 Å². The third-order valence-electron chi connectivity index (χ3n) is 5.32. The molecule has 0 unspecified atom stereocenters. The molecule has 0 fully saturated rings. The monoisotopic (exact) mass is 455 g/mol. The van der Waals surface area contributed by atoms with E-state index in [1.165, 1.54) is 12.7 Å². The molecule has 0 spiro atoms. The molecular weight excluding hydrogens is 430 g/mol. The van der Waals surface area contributed by atoms with Gasteiger partial charge in [-0.1, -0.05) is 57.2 Å². The number of cyclic esters (lactones) is 1. The first-order valence-corrected chi connectivity index (χ1v) is 10.8. The predicted octanol–water partition coefficient (Wildman–Crippen LogP) is 5.56. The molecule has 0 N–H and O–H groups in total. The minimum atomic E-state index is -0.534. The molecule has 1 aliphatic heterocycles. The molecule has 0 radical (unpaired) electrons. The van der Waals surface area contributed by atoms with Gasteiger partial charge < -0.3 is 14.2 Å². The number of benzene rings is 3. The number of hydrogen-bond acceptors (Lipinski definition) is 6. The Labute approximate surface area is 198 Å². The number of nitrogens with zero attached hydrogens (tertiary/aromatic N) is 1. The maximum absolute atomic E-state index is 12.4. The van der Waals surface area contributed by atoms with Crippen molar-refractivity contribution in [1.29, 1.82) is 0 Å². The van der Waals surface area contributed by atoms with Gasteiger partial charge in [-0.05, 0) is 59.0 Å². The van der Waals surface area contributed by atoms with E-state index in [1.807, 2.05) is 30.3 Å². The average molecular weight is 456 g/mol. The van der Waals surface area contributed by atoms with Crippen molar-refractivity contribution < 1.29 is 23.8 Å². The van der Waals surface area contributed by atoms with Crippen LogP contribution in [0.4, 0.5) is 0 Å². The minimum Gasteiger partial charge on any atom is -0.493 e. The van der Waals surface area contributed by atoms with E-state index in [1.54, 1.807) is 48.5 Å². The molecule has 0 saturated carbocycles. The average Bonchev–Trinajstić information content (AvgIpc) is 3.20. The molecule has 3 aromatic rings. The van der Waals surface area contributed by atoms with Crippen LogP contribution < -0.4 is 9.47 Å². The van der Waals surface area contributed by atoms with Crippen LogP contribution in [0.5, 0.6) is 11.5 Å². The summed E-state index contributed by atoms with van der Waals surface area (Å²) in [6, 6.07) is 21.5. The molecule has 0 amide bonds. The Morgan fingerprint density at radius 2 is 1.65 bits per heavy atom. The third-order valence-corrected chi connectivity index (χ3v) is 5.32. The molecule has 34 heavy (non-hydrogen) atoms. The number of carbonyl (C=O) groups excluding carboxylic acids is 2. The summed E-state index contributed by atoms with van der Waals surface area (Å²) < 4.78 is 16.2. The summed E-state index contributed by atoms with van der Waals surface area (Å²) in [4.78, 5) is 29.1. The summed E-state index contributed by atoms with van der Waals surface area (Å²) >= 11 is 0. The first-order valence-electron chi connectivity index (χ1n) is 10.8. The maximum Gasteiger partial charge on any atom is 0.363 e. The molecule has 1 aliphatic rings. The van der Waals surface area contributed by atoms with Gasteiger partial charge in [0, 0.05) is 5.56 Å². The molecule has 1 heterocycles. The van der Waals surface area contributed by atoms with Crippen molar-refractivity contribution in [2.24, 2.45) is 4.99 Å². The van der Waals surface area contributed by atoms with E-state index in [0.29, 0.717) is 16.9 Å². The SMILES string of the molecule is COc1cc(C=C2N=C(c3ccc(C(C)(C)C)cc3)OC2=O)ccc1OC(=O)c1ccccc1. The first kappa shape index (κ1) is 23.0. The van der Waals surface area contributed by atoms with Crippen molar-refractivity contribution >= 4 is 23.9 Å². The fourth-order valence-electron chi connectivity index (χ4n) is 3.39. The number of carbonyl (C=O) groups is 2. The van der Waals surface area contributed by atoms with E-state index in [0.717, 1.165) is 5.56 Å². The lowest BCUT2D eigenvalue weighted by molar-refractivity contribution is -0.129. The second-order valence-corrected chi connectivity index (χ2v) is 8.83. The largest absolute Gasteiger partial charge is 0.493 e. The number of methoxy groups -OCH3 is 1. The van der Waals surface area contributed by atoms with Crippen LogP contribution in [0.3, 0.4) is 0 Å². The molecule has 172 valence electrons. The Morgan fingerprint density at radius 1 is 0.941 bits per heavy atom. The van der Waals surface area contributed by atoms with E-state index in [4.69, 9.17) is 14.2 Å². The quantitative estimate of drug-likeness (QED) is 0.286. The minimum absolute atomic E-state index is 0.0262. The van der Waals surface area contributed by atoms with Crippen molar-refractivity contribution in [1.82, 2.24) is 0 Å². The van der Waals surface area contributed by atoms with Gasteiger partial charge in [0.15, 0.2) is 17.2 Å². The lowest BCUT2D eigenvalue weighted by Crippen LogP contribution is -2.11. The highest BCUT2D eigenvalue weighted by Crippen LogP contribution is 2.31. The van der Waals surface area contributed by atoms with Gasteiger partial charge in [-0.25, -0.2) is 14.6 Å². The molecule has 0 aromatic heterocycles.